The molecule has 0 aliphatic carbocycles. The first-order valence-corrected chi connectivity index (χ1v) is 8.79. The Labute approximate surface area is 145 Å². The van der Waals surface area contributed by atoms with Crippen LogP contribution < -0.4 is 5.56 Å². The lowest BCUT2D eigenvalue weighted by molar-refractivity contribution is -0.133. The normalized spacial score (nSPS) is 18.2. The summed E-state index contributed by atoms with van der Waals surface area (Å²) in [5.74, 6) is 0.481. The first-order valence-electron chi connectivity index (χ1n) is 8.79. The number of aryl methyl sites for hydroxylation is 1. The second-order valence-electron chi connectivity index (χ2n) is 7.16. The maximum Gasteiger partial charge on any atom is 0.291 e. The van der Waals surface area contributed by atoms with Crippen molar-refractivity contribution in [2.24, 2.45) is 5.92 Å². The number of fused-ring (bicyclic) bond motifs is 3. The molecule has 6 nitrogen and oxygen atoms in total. The van der Waals surface area contributed by atoms with Crippen molar-refractivity contribution in [2.45, 2.75) is 33.2 Å². The molecular weight excluding hydrogens is 316 g/mol. The van der Waals surface area contributed by atoms with E-state index < -0.39 is 0 Å². The monoisotopic (exact) mass is 338 g/mol. The third kappa shape index (κ3) is 2.81. The number of piperidine rings is 1. The van der Waals surface area contributed by atoms with Crippen LogP contribution in [-0.4, -0.2) is 38.7 Å². The van der Waals surface area contributed by atoms with E-state index in [-0.39, 0.29) is 18.0 Å². The fraction of sp³-hybridized carbons (Fsp3) is 0.421. The Balaban J connectivity index is 1.69. The summed E-state index contributed by atoms with van der Waals surface area (Å²) in [6, 6.07) is 6.01. The molecule has 2 aromatic heterocycles. The zero-order valence-electron chi connectivity index (χ0n) is 14.6. The lowest BCUT2D eigenvalue weighted by Crippen LogP contribution is -2.42. The van der Waals surface area contributed by atoms with Crippen LogP contribution in [0, 0.1) is 12.8 Å². The number of benzene rings is 1. The molecule has 0 radical (unpaired) electrons. The van der Waals surface area contributed by atoms with Crippen LogP contribution in [0.4, 0.5) is 0 Å². The highest BCUT2D eigenvalue weighted by molar-refractivity contribution is 6.06. The highest BCUT2D eigenvalue weighted by atomic mass is 16.2. The number of H-pyrrole nitrogens is 1. The summed E-state index contributed by atoms with van der Waals surface area (Å²) in [5.41, 5.74) is 2.31. The van der Waals surface area contributed by atoms with Gasteiger partial charge in [0.25, 0.3) is 5.56 Å². The molecule has 1 amide bonds. The highest BCUT2D eigenvalue weighted by Gasteiger charge is 2.22. The smallest absolute Gasteiger partial charge is 0.291 e. The Morgan fingerprint density at radius 3 is 3.00 bits per heavy atom. The number of rotatable bonds is 2. The first kappa shape index (κ1) is 15.9. The molecule has 6 heteroatoms. The predicted octanol–water partition coefficient (Wildman–Crippen LogP) is 2.44. The van der Waals surface area contributed by atoms with Gasteiger partial charge in [-0.05, 0) is 37.8 Å². The van der Waals surface area contributed by atoms with Crippen molar-refractivity contribution in [3.8, 4) is 0 Å². The molecule has 0 spiro atoms. The van der Waals surface area contributed by atoms with Gasteiger partial charge in [0.15, 0.2) is 0 Å². The lowest BCUT2D eigenvalue weighted by Gasteiger charge is -2.30. The molecule has 1 N–H and O–H groups in total. The summed E-state index contributed by atoms with van der Waals surface area (Å²) in [4.78, 5) is 30.3. The summed E-state index contributed by atoms with van der Waals surface area (Å²) in [7, 11) is 0. The van der Waals surface area contributed by atoms with Gasteiger partial charge in [-0.1, -0.05) is 18.6 Å². The van der Waals surface area contributed by atoms with Crippen molar-refractivity contribution in [3.63, 3.8) is 0 Å². The largest absolute Gasteiger partial charge is 0.350 e. The average molecular weight is 338 g/mol. The van der Waals surface area contributed by atoms with Gasteiger partial charge in [-0.2, -0.15) is 5.10 Å². The maximum absolute atomic E-state index is 12.8. The second-order valence-corrected chi connectivity index (χ2v) is 7.16. The molecule has 1 saturated heterocycles. The molecule has 0 saturated carbocycles. The zero-order valence-corrected chi connectivity index (χ0v) is 14.6. The maximum atomic E-state index is 12.8. The summed E-state index contributed by atoms with van der Waals surface area (Å²) in [5, 5.41) is 6.04. The van der Waals surface area contributed by atoms with E-state index >= 15 is 0 Å². The van der Waals surface area contributed by atoms with Gasteiger partial charge in [-0.3, -0.25) is 9.59 Å². The van der Waals surface area contributed by atoms with E-state index in [4.69, 9.17) is 0 Å². The van der Waals surface area contributed by atoms with Crippen LogP contribution in [0.1, 0.15) is 25.3 Å². The van der Waals surface area contributed by atoms with Crippen molar-refractivity contribution >= 4 is 27.7 Å². The van der Waals surface area contributed by atoms with Crippen molar-refractivity contribution in [1.82, 2.24) is 19.7 Å². The van der Waals surface area contributed by atoms with Gasteiger partial charge in [-0.25, -0.2) is 4.68 Å². The Morgan fingerprint density at radius 1 is 1.36 bits per heavy atom. The van der Waals surface area contributed by atoms with Crippen LogP contribution in [0.25, 0.3) is 21.8 Å². The fourth-order valence-electron chi connectivity index (χ4n) is 3.69. The van der Waals surface area contributed by atoms with E-state index in [0.29, 0.717) is 11.4 Å². The third-order valence-electron chi connectivity index (χ3n) is 5.06. The van der Waals surface area contributed by atoms with Gasteiger partial charge in [0.2, 0.25) is 5.91 Å². The third-order valence-corrected chi connectivity index (χ3v) is 5.06. The summed E-state index contributed by atoms with van der Waals surface area (Å²) < 4.78 is 1.27. The standard InChI is InChI=1S/C19H22N4O2/c1-12-5-6-16-14(8-12)15-9-20-23(19(25)18(15)21-16)11-17(24)22-7-3-4-13(2)10-22/h5-6,8-9,13,21H,3-4,7,10-11H2,1-2H3/t13-/m1/s1. The molecule has 1 aliphatic heterocycles. The van der Waals surface area contributed by atoms with Crippen LogP contribution in [0.2, 0.25) is 0 Å². The van der Waals surface area contributed by atoms with Crippen LogP contribution >= 0.6 is 0 Å². The number of likely N-dealkylation sites (tertiary alicyclic amines) is 1. The van der Waals surface area contributed by atoms with Crippen molar-refractivity contribution < 1.29 is 4.79 Å². The Morgan fingerprint density at radius 2 is 2.20 bits per heavy atom. The molecule has 1 atom stereocenters. The molecule has 0 bridgehead atoms. The minimum Gasteiger partial charge on any atom is -0.350 e. The molecule has 3 aromatic rings. The number of hydrogen-bond acceptors (Lipinski definition) is 3. The Kier molecular flexibility index (Phi) is 3.82. The number of hydrogen-bond donors (Lipinski definition) is 1. The van der Waals surface area contributed by atoms with Gasteiger partial charge < -0.3 is 9.88 Å². The fourth-order valence-corrected chi connectivity index (χ4v) is 3.69. The molecule has 3 heterocycles. The molecule has 130 valence electrons. The van der Waals surface area contributed by atoms with Crippen molar-refractivity contribution in [2.75, 3.05) is 13.1 Å². The number of aromatic amines is 1. The quantitative estimate of drug-likeness (QED) is 0.780. The lowest BCUT2D eigenvalue weighted by atomic mass is 10.0. The number of carbonyl (C=O) groups is 1. The van der Waals surface area contributed by atoms with Crippen LogP contribution in [0.5, 0.6) is 0 Å². The van der Waals surface area contributed by atoms with Crippen LogP contribution in [0.3, 0.4) is 0 Å². The number of nitrogens with zero attached hydrogens (tertiary/aromatic N) is 3. The predicted molar refractivity (Wildman–Crippen MR) is 97.6 cm³/mol. The number of aromatic nitrogens is 3. The summed E-state index contributed by atoms with van der Waals surface area (Å²) in [6.45, 7) is 5.71. The molecule has 1 aliphatic rings. The Bertz CT molecular complexity index is 1020. The van der Waals surface area contributed by atoms with Crippen LogP contribution in [0.15, 0.2) is 29.2 Å². The van der Waals surface area contributed by atoms with E-state index in [1.54, 1.807) is 6.20 Å². The molecule has 0 unspecified atom stereocenters. The zero-order chi connectivity index (χ0) is 17.6. The Hall–Kier alpha value is -2.63. The second kappa shape index (κ2) is 6.02. The number of amides is 1. The summed E-state index contributed by atoms with van der Waals surface area (Å²) >= 11 is 0. The number of nitrogens with one attached hydrogen (secondary N) is 1. The van der Waals surface area contributed by atoms with Gasteiger partial charge in [0, 0.05) is 29.4 Å². The molecule has 25 heavy (non-hydrogen) atoms. The van der Waals surface area contributed by atoms with Gasteiger partial charge in [-0.15, -0.1) is 0 Å². The SMILES string of the molecule is Cc1ccc2[nH]c3c(=O)n(CC(=O)N4CCC[C@@H](C)C4)ncc3c2c1. The number of carbonyl (C=O) groups excluding carboxylic acids is 1. The first-order chi connectivity index (χ1) is 12.0. The molecule has 1 aromatic carbocycles. The minimum absolute atomic E-state index is 0.00408. The van der Waals surface area contributed by atoms with Gasteiger partial charge in [0.05, 0.1) is 6.20 Å². The van der Waals surface area contributed by atoms with Crippen molar-refractivity contribution in [1.29, 1.82) is 0 Å². The average Bonchev–Trinajstić information content (AvgIpc) is 2.96. The molecule has 4 rings (SSSR count). The van der Waals surface area contributed by atoms with E-state index in [9.17, 15) is 9.59 Å². The van der Waals surface area contributed by atoms with E-state index in [2.05, 4.69) is 17.0 Å². The van der Waals surface area contributed by atoms with E-state index in [0.717, 1.165) is 47.8 Å². The summed E-state index contributed by atoms with van der Waals surface area (Å²) in [6.07, 6.45) is 3.86. The van der Waals surface area contributed by atoms with Gasteiger partial charge >= 0.3 is 0 Å². The van der Waals surface area contributed by atoms with Gasteiger partial charge in [0.1, 0.15) is 12.1 Å². The molecule has 1 fully saturated rings. The van der Waals surface area contributed by atoms with E-state index in [1.165, 1.54) is 4.68 Å². The van der Waals surface area contributed by atoms with E-state index in [1.807, 2.05) is 30.0 Å². The van der Waals surface area contributed by atoms with Crippen molar-refractivity contribution in [3.05, 3.63) is 40.3 Å². The molecular formula is C19H22N4O2. The van der Waals surface area contributed by atoms with Crippen LogP contribution in [-0.2, 0) is 11.3 Å². The topological polar surface area (TPSA) is 71.0 Å². The highest BCUT2D eigenvalue weighted by Crippen LogP contribution is 2.23. The minimum atomic E-state index is -0.246.